The molecule has 0 radical (unpaired) electrons. The van der Waals surface area contributed by atoms with Crippen molar-refractivity contribution >= 4 is 5.91 Å². The van der Waals surface area contributed by atoms with Gasteiger partial charge in [-0.15, -0.1) is 0 Å². The lowest BCUT2D eigenvalue weighted by Gasteiger charge is -2.39. The molecule has 0 aromatic carbocycles. The zero-order chi connectivity index (χ0) is 11.5. The largest absolute Gasteiger partial charge is 0.369 e. The lowest BCUT2D eigenvalue weighted by Crippen LogP contribution is -2.50. The number of carbonyl (C=O) groups is 1. The van der Waals surface area contributed by atoms with Crippen LogP contribution in [0.3, 0.4) is 0 Å². The Kier molecular flexibility index (Phi) is 4.11. The van der Waals surface area contributed by atoms with Gasteiger partial charge in [0.15, 0.2) is 0 Å². The first-order valence-electron chi connectivity index (χ1n) is 5.62. The van der Waals surface area contributed by atoms with Gasteiger partial charge >= 0.3 is 0 Å². The number of carbonyl (C=O) groups excluding carboxylic acids is 1. The van der Waals surface area contributed by atoms with Crippen LogP contribution in [-0.4, -0.2) is 44.5 Å². The minimum absolute atomic E-state index is 0.164. The quantitative estimate of drug-likeness (QED) is 0.693. The summed E-state index contributed by atoms with van der Waals surface area (Å²) in [7, 11) is 3.98. The topological polar surface area (TPSA) is 58.4 Å². The highest BCUT2D eigenvalue weighted by atomic mass is 16.1. The first kappa shape index (κ1) is 12.5. The van der Waals surface area contributed by atoms with E-state index in [-0.39, 0.29) is 11.3 Å². The van der Waals surface area contributed by atoms with E-state index >= 15 is 0 Å². The Labute approximate surface area is 92.2 Å². The second-order valence-corrected chi connectivity index (χ2v) is 5.04. The maximum atomic E-state index is 11.6. The van der Waals surface area contributed by atoms with Crippen molar-refractivity contribution in [2.24, 2.45) is 17.1 Å². The molecule has 0 saturated carbocycles. The Hall–Kier alpha value is -0.610. The molecule has 0 aliphatic carbocycles. The Bertz CT molecular complexity index is 224. The van der Waals surface area contributed by atoms with Gasteiger partial charge in [-0.2, -0.15) is 0 Å². The average molecular weight is 213 g/mol. The normalized spacial score (nSPS) is 22.7. The number of hydrogen-bond donors (Lipinski definition) is 2. The van der Waals surface area contributed by atoms with Crippen molar-refractivity contribution in [3.05, 3.63) is 0 Å². The highest BCUT2D eigenvalue weighted by Crippen LogP contribution is 2.34. The molecule has 0 spiro atoms. The van der Waals surface area contributed by atoms with Crippen molar-refractivity contribution < 1.29 is 4.79 Å². The maximum Gasteiger partial charge on any atom is 0.224 e. The van der Waals surface area contributed by atoms with E-state index in [0.29, 0.717) is 5.92 Å². The number of rotatable bonds is 4. The Morgan fingerprint density at radius 1 is 1.47 bits per heavy atom. The monoisotopic (exact) mass is 213 g/mol. The third-order valence-electron chi connectivity index (χ3n) is 3.45. The summed E-state index contributed by atoms with van der Waals surface area (Å²) < 4.78 is 0. The van der Waals surface area contributed by atoms with Crippen LogP contribution in [0.5, 0.6) is 0 Å². The number of nitrogens with zero attached hydrogens (tertiary/aromatic N) is 1. The smallest absolute Gasteiger partial charge is 0.224 e. The number of nitrogens with one attached hydrogen (secondary N) is 1. The molecule has 1 aliphatic heterocycles. The van der Waals surface area contributed by atoms with Crippen molar-refractivity contribution in [1.29, 1.82) is 0 Å². The van der Waals surface area contributed by atoms with E-state index in [4.69, 9.17) is 5.73 Å². The van der Waals surface area contributed by atoms with E-state index in [0.717, 1.165) is 32.5 Å². The fourth-order valence-electron chi connectivity index (χ4n) is 2.52. The van der Waals surface area contributed by atoms with Crippen molar-refractivity contribution in [3.63, 3.8) is 0 Å². The summed E-state index contributed by atoms with van der Waals surface area (Å²) >= 11 is 0. The zero-order valence-corrected chi connectivity index (χ0v) is 10.0. The van der Waals surface area contributed by atoms with Gasteiger partial charge in [-0.05, 0) is 52.9 Å². The molecule has 1 amide bonds. The van der Waals surface area contributed by atoms with Crippen LogP contribution in [0.15, 0.2) is 0 Å². The molecule has 4 heteroatoms. The Morgan fingerprint density at radius 3 is 2.40 bits per heavy atom. The second-order valence-electron chi connectivity index (χ2n) is 5.04. The van der Waals surface area contributed by atoms with Crippen LogP contribution >= 0.6 is 0 Å². The summed E-state index contributed by atoms with van der Waals surface area (Å²) in [6, 6.07) is 0. The van der Waals surface area contributed by atoms with Crippen molar-refractivity contribution in [3.8, 4) is 0 Å². The van der Waals surface area contributed by atoms with E-state index < -0.39 is 0 Å². The highest BCUT2D eigenvalue weighted by Gasteiger charge is 2.40. The lowest BCUT2D eigenvalue weighted by molar-refractivity contribution is -0.131. The minimum Gasteiger partial charge on any atom is -0.369 e. The first-order valence-corrected chi connectivity index (χ1v) is 5.62. The minimum atomic E-state index is -0.383. The van der Waals surface area contributed by atoms with E-state index in [2.05, 4.69) is 5.32 Å². The lowest BCUT2D eigenvalue weighted by atomic mass is 9.71. The molecule has 1 fully saturated rings. The molecular formula is C11H23N3O. The van der Waals surface area contributed by atoms with Crippen LogP contribution in [0.1, 0.15) is 19.8 Å². The Morgan fingerprint density at radius 2 is 2.00 bits per heavy atom. The zero-order valence-electron chi connectivity index (χ0n) is 10.0. The van der Waals surface area contributed by atoms with Gasteiger partial charge in [0.25, 0.3) is 0 Å². The predicted octanol–water partition coefficient (Wildman–Crippen LogP) is 0.0392. The molecule has 4 nitrogen and oxygen atoms in total. The number of hydrogen-bond acceptors (Lipinski definition) is 3. The molecule has 1 rings (SSSR count). The average Bonchev–Trinajstić information content (AvgIpc) is 2.17. The van der Waals surface area contributed by atoms with Gasteiger partial charge in [-0.3, -0.25) is 4.79 Å². The van der Waals surface area contributed by atoms with Crippen LogP contribution in [0, 0.1) is 11.3 Å². The van der Waals surface area contributed by atoms with E-state index in [1.54, 1.807) is 0 Å². The standard InChI is InChI=1S/C11H23N3O/c1-11(10(12)15,8-14(2)3)9-4-6-13-7-5-9/h9,13H,4-8H2,1-3H3,(H2,12,15). The summed E-state index contributed by atoms with van der Waals surface area (Å²) in [6.07, 6.45) is 2.10. The molecule has 0 aromatic heterocycles. The van der Waals surface area contributed by atoms with Gasteiger partial charge in [-0.1, -0.05) is 0 Å². The van der Waals surface area contributed by atoms with Crippen molar-refractivity contribution in [2.45, 2.75) is 19.8 Å². The maximum absolute atomic E-state index is 11.6. The SMILES string of the molecule is CN(C)CC(C)(C(N)=O)C1CCNCC1. The van der Waals surface area contributed by atoms with Crippen LogP contribution in [0.25, 0.3) is 0 Å². The molecule has 1 atom stereocenters. The number of piperidine rings is 1. The van der Waals surface area contributed by atoms with Gasteiger partial charge in [-0.25, -0.2) is 0 Å². The molecule has 1 heterocycles. The predicted molar refractivity (Wildman–Crippen MR) is 61.4 cm³/mol. The molecule has 0 aromatic rings. The summed E-state index contributed by atoms with van der Waals surface area (Å²) in [5.41, 5.74) is 5.18. The van der Waals surface area contributed by atoms with Crippen LogP contribution in [0.4, 0.5) is 0 Å². The molecular weight excluding hydrogens is 190 g/mol. The van der Waals surface area contributed by atoms with E-state index in [1.165, 1.54) is 0 Å². The van der Waals surface area contributed by atoms with Gasteiger partial charge in [0.2, 0.25) is 5.91 Å². The summed E-state index contributed by atoms with van der Waals surface area (Å²) in [5, 5.41) is 3.31. The second kappa shape index (κ2) is 4.94. The third kappa shape index (κ3) is 2.92. The Balaban J connectivity index is 2.74. The van der Waals surface area contributed by atoms with Gasteiger partial charge in [0.05, 0.1) is 5.41 Å². The fraction of sp³-hybridized carbons (Fsp3) is 0.909. The molecule has 3 N–H and O–H groups in total. The van der Waals surface area contributed by atoms with Gasteiger partial charge < -0.3 is 16.0 Å². The van der Waals surface area contributed by atoms with E-state index in [1.807, 2.05) is 25.9 Å². The van der Waals surface area contributed by atoms with Gasteiger partial charge in [0, 0.05) is 6.54 Å². The summed E-state index contributed by atoms with van der Waals surface area (Å²) in [4.78, 5) is 13.7. The molecule has 15 heavy (non-hydrogen) atoms. The molecule has 1 saturated heterocycles. The van der Waals surface area contributed by atoms with Crippen LogP contribution < -0.4 is 11.1 Å². The van der Waals surface area contributed by atoms with Crippen molar-refractivity contribution in [1.82, 2.24) is 10.2 Å². The summed E-state index contributed by atoms with van der Waals surface area (Å²) in [5.74, 6) is 0.252. The molecule has 0 bridgehead atoms. The molecule has 1 unspecified atom stereocenters. The number of primary amides is 1. The third-order valence-corrected chi connectivity index (χ3v) is 3.45. The van der Waals surface area contributed by atoms with Crippen LogP contribution in [0.2, 0.25) is 0 Å². The van der Waals surface area contributed by atoms with E-state index in [9.17, 15) is 4.79 Å². The fourth-order valence-corrected chi connectivity index (χ4v) is 2.52. The number of nitrogens with two attached hydrogens (primary N) is 1. The number of amides is 1. The summed E-state index contributed by atoms with van der Waals surface area (Å²) in [6.45, 7) is 4.75. The van der Waals surface area contributed by atoms with Crippen LogP contribution in [-0.2, 0) is 4.79 Å². The van der Waals surface area contributed by atoms with Crippen molar-refractivity contribution in [2.75, 3.05) is 33.7 Å². The molecule has 1 aliphatic rings. The molecule has 88 valence electrons. The first-order chi connectivity index (χ1) is 6.97. The van der Waals surface area contributed by atoms with Gasteiger partial charge in [0.1, 0.15) is 0 Å². The highest BCUT2D eigenvalue weighted by molar-refractivity contribution is 5.81.